The zero-order chi connectivity index (χ0) is 27.3. The Morgan fingerprint density at radius 3 is 2.77 bits per heavy atom. The number of imidazole rings is 1. The normalized spacial score (nSPS) is 14.5. The summed E-state index contributed by atoms with van der Waals surface area (Å²) in [6, 6.07) is 12.4. The molecule has 3 aromatic heterocycles. The molecule has 0 saturated heterocycles. The summed E-state index contributed by atoms with van der Waals surface area (Å²) < 4.78 is 3.98. The third-order valence-corrected chi connectivity index (χ3v) is 7.26. The van der Waals surface area contributed by atoms with Gasteiger partial charge >= 0.3 is 0 Å². The zero-order valence-electron chi connectivity index (χ0n) is 22.4. The summed E-state index contributed by atoms with van der Waals surface area (Å²) in [6.07, 6.45) is 7.67. The minimum absolute atomic E-state index is 0.0161. The van der Waals surface area contributed by atoms with Crippen LogP contribution in [0.5, 0.6) is 0 Å². The zero-order valence-corrected chi connectivity index (χ0v) is 23.2. The van der Waals surface area contributed by atoms with Crippen LogP contribution >= 0.6 is 11.6 Å². The highest BCUT2D eigenvalue weighted by Gasteiger charge is 2.28. The molecule has 6 rings (SSSR count). The number of halogens is 1. The highest BCUT2D eigenvalue weighted by Crippen LogP contribution is 2.38. The fourth-order valence-electron chi connectivity index (χ4n) is 4.87. The van der Waals surface area contributed by atoms with Crippen LogP contribution < -0.4 is 10.6 Å². The summed E-state index contributed by atoms with van der Waals surface area (Å²) in [5.41, 5.74) is 6.41. The van der Waals surface area contributed by atoms with Crippen LogP contribution in [-0.4, -0.2) is 36.1 Å². The third-order valence-electron chi connectivity index (χ3n) is 6.98. The highest BCUT2D eigenvalue weighted by molar-refractivity contribution is 6.35. The minimum Gasteiger partial charge on any atom is -0.383 e. The van der Waals surface area contributed by atoms with Crippen molar-refractivity contribution in [2.45, 2.75) is 45.7 Å². The molecule has 2 aromatic carbocycles. The van der Waals surface area contributed by atoms with Gasteiger partial charge in [-0.05, 0) is 36.5 Å². The smallest absolute Gasteiger partial charge is 0.110 e. The molecule has 1 aliphatic carbocycles. The van der Waals surface area contributed by atoms with Gasteiger partial charge in [0.15, 0.2) is 0 Å². The van der Waals surface area contributed by atoms with Crippen molar-refractivity contribution in [1.82, 2.24) is 29.5 Å². The van der Waals surface area contributed by atoms with Crippen molar-refractivity contribution in [3.05, 3.63) is 70.9 Å². The maximum absolute atomic E-state index is 9.84. The van der Waals surface area contributed by atoms with E-state index < -0.39 is 0 Å². The molecule has 0 spiro atoms. The first kappa shape index (κ1) is 25.1. The van der Waals surface area contributed by atoms with Crippen molar-refractivity contribution < 1.29 is 0 Å². The van der Waals surface area contributed by atoms with Crippen LogP contribution in [0, 0.1) is 16.7 Å². The van der Waals surface area contributed by atoms with Crippen LogP contribution in [-0.2, 0) is 7.05 Å². The molecule has 198 valence electrons. The lowest BCUT2D eigenvalue weighted by Gasteiger charge is -2.23. The molecule has 0 bridgehead atoms. The molecule has 1 saturated carbocycles. The number of pyridine rings is 1. The van der Waals surface area contributed by atoms with Crippen molar-refractivity contribution in [1.29, 1.82) is 5.26 Å². The maximum atomic E-state index is 9.84. The van der Waals surface area contributed by atoms with Crippen molar-refractivity contribution in [3.63, 3.8) is 0 Å². The third kappa shape index (κ3) is 4.88. The van der Waals surface area contributed by atoms with E-state index in [2.05, 4.69) is 63.8 Å². The summed E-state index contributed by atoms with van der Waals surface area (Å²) in [5, 5.41) is 27.3. The number of aromatic nitrogens is 6. The number of hydrogen-bond donors (Lipinski definition) is 2. The lowest BCUT2D eigenvalue weighted by Crippen LogP contribution is -2.20. The predicted molar refractivity (Wildman–Crippen MR) is 154 cm³/mol. The fourth-order valence-corrected chi connectivity index (χ4v) is 5.13. The van der Waals surface area contributed by atoms with E-state index in [0.717, 1.165) is 51.9 Å². The van der Waals surface area contributed by atoms with Gasteiger partial charge in [-0.3, -0.25) is 4.98 Å². The molecule has 9 nitrogen and oxygen atoms in total. The number of para-hydroxylation sites is 1. The largest absolute Gasteiger partial charge is 0.383 e. The van der Waals surface area contributed by atoms with Crippen LogP contribution in [0.4, 0.5) is 11.4 Å². The first-order valence-corrected chi connectivity index (χ1v) is 13.4. The summed E-state index contributed by atoms with van der Waals surface area (Å²) in [5.74, 6) is 0. The van der Waals surface area contributed by atoms with E-state index >= 15 is 0 Å². The molecule has 5 aromatic rings. The SMILES string of the molecule is Cn1cnc2cccc(C(Nc3cc(Cl)c4ncc(C#N)c(NCC(C)(C)C)c4c3)c3cn(C4CC4)nn3)c21. The van der Waals surface area contributed by atoms with Crippen LogP contribution in [0.1, 0.15) is 62.5 Å². The van der Waals surface area contributed by atoms with Gasteiger partial charge < -0.3 is 15.2 Å². The van der Waals surface area contributed by atoms with Crippen molar-refractivity contribution in [2.24, 2.45) is 12.5 Å². The average Bonchev–Trinajstić information content (AvgIpc) is 3.52. The van der Waals surface area contributed by atoms with E-state index in [1.54, 1.807) is 6.20 Å². The number of hydrogen-bond acceptors (Lipinski definition) is 7. The molecular weight excluding hydrogens is 510 g/mol. The monoisotopic (exact) mass is 539 g/mol. The quantitative estimate of drug-likeness (QED) is 0.252. The Balaban J connectivity index is 1.48. The molecule has 10 heteroatoms. The van der Waals surface area contributed by atoms with Gasteiger partial charge in [-0.1, -0.05) is 49.7 Å². The van der Waals surface area contributed by atoms with Gasteiger partial charge in [0.25, 0.3) is 0 Å². The Hall–Kier alpha value is -4.16. The summed E-state index contributed by atoms with van der Waals surface area (Å²) >= 11 is 6.79. The first-order chi connectivity index (χ1) is 18.7. The van der Waals surface area contributed by atoms with Crippen molar-refractivity contribution >= 4 is 44.9 Å². The molecule has 3 heterocycles. The molecule has 0 aliphatic heterocycles. The highest BCUT2D eigenvalue weighted by atomic mass is 35.5. The summed E-state index contributed by atoms with van der Waals surface area (Å²) in [4.78, 5) is 9.07. The molecule has 1 unspecified atom stereocenters. The van der Waals surface area contributed by atoms with E-state index in [9.17, 15) is 5.26 Å². The van der Waals surface area contributed by atoms with Gasteiger partial charge in [-0.25, -0.2) is 9.67 Å². The Kier molecular flexibility index (Phi) is 6.15. The Morgan fingerprint density at radius 1 is 1.21 bits per heavy atom. The van der Waals surface area contributed by atoms with Gasteiger partial charge in [0.2, 0.25) is 0 Å². The van der Waals surface area contributed by atoms with E-state index in [4.69, 9.17) is 11.6 Å². The van der Waals surface area contributed by atoms with Crippen LogP contribution in [0.15, 0.2) is 49.1 Å². The number of rotatable bonds is 7. The van der Waals surface area contributed by atoms with E-state index in [1.807, 2.05) is 53.1 Å². The molecule has 1 aliphatic rings. The minimum atomic E-state index is -0.316. The second-order valence-electron chi connectivity index (χ2n) is 11.4. The van der Waals surface area contributed by atoms with E-state index in [-0.39, 0.29) is 11.5 Å². The second kappa shape index (κ2) is 9.54. The maximum Gasteiger partial charge on any atom is 0.110 e. The summed E-state index contributed by atoms with van der Waals surface area (Å²) in [7, 11) is 1.99. The lowest BCUT2D eigenvalue weighted by atomic mass is 9.96. The van der Waals surface area contributed by atoms with Crippen molar-refractivity contribution in [2.75, 3.05) is 17.2 Å². The lowest BCUT2D eigenvalue weighted by molar-refractivity contribution is 0.443. The van der Waals surface area contributed by atoms with Gasteiger partial charge in [-0.2, -0.15) is 5.26 Å². The van der Waals surface area contributed by atoms with Gasteiger partial charge in [0.1, 0.15) is 11.8 Å². The van der Waals surface area contributed by atoms with Gasteiger partial charge in [-0.15, -0.1) is 5.10 Å². The second-order valence-corrected chi connectivity index (χ2v) is 11.8. The Labute approximate surface area is 231 Å². The number of benzene rings is 2. The molecule has 0 amide bonds. The number of nitriles is 1. The topological polar surface area (TPSA) is 109 Å². The van der Waals surface area contributed by atoms with E-state index in [1.165, 1.54) is 0 Å². The molecular formula is C29H30ClN9. The number of aryl methyl sites for hydroxylation is 1. The number of anilines is 2. The molecule has 39 heavy (non-hydrogen) atoms. The molecule has 1 atom stereocenters. The molecule has 1 fully saturated rings. The number of fused-ring (bicyclic) bond motifs is 2. The Bertz CT molecular complexity index is 1730. The fraction of sp³-hybridized carbons (Fsp3) is 0.345. The average molecular weight is 540 g/mol. The standard InChI is InChI=1S/C29H30ClN9/c1-29(2,3)15-33-25-17(12-31)13-32-26-21(25)10-18(11-22(26)30)35-27(24-14-39(37-36-24)19-8-9-19)20-6-5-7-23-28(20)38(4)16-34-23/h5-7,10-11,13-14,16,19,27,35H,8-9,15H2,1-4H3,(H,32,33). The predicted octanol–water partition coefficient (Wildman–Crippen LogP) is 6.23. The van der Waals surface area contributed by atoms with E-state index in [0.29, 0.717) is 28.7 Å². The van der Waals surface area contributed by atoms with Gasteiger partial charge in [0.05, 0.1) is 57.4 Å². The van der Waals surface area contributed by atoms with Crippen LogP contribution in [0.3, 0.4) is 0 Å². The van der Waals surface area contributed by atoms with Gasteiger partial charge in [0, 0.05) is 36.4 Å². The first-order valence-electron chi connectivity index (χ1n) is 13.1. The van der Waals surface area contributed by atoms with Crippen molar-refractivity contribution in [3.8, 4) is 6.07 Å². The number of nitrogens with zero attached hydrogens (tertiary/aromatic N) is 7. The molecule has 2 N–H and O–H groups in total. The van der Waals surface area contributed by atoms with Crippen LogP contribution in [0.25, 0.3) is 21.9 Å². The summed E-state index contributed by atoms with van der Waals surface area (Å²) in [6.45, 7) is 7.13. The molecule has 0 radical (unpaired) electrons. The number of nitrogens with one attached hydrogen (secondary N) is 2. The van der Waals surface area contributed by atoms with Crippen LogP contribution in [0.2, 0.25) is 5.02 Å². The Morgan fingerprint density at radius 2 is 2.03 bits per heavy atom.